The highest BCUT2D eigenvalue weighted by molar-refractivity contribution is 5.96. The Bertz CT molecular complexity index is 759. The van der Waals surface area contributed by atoms with Crippen molar-refractivity contribution in [2.75, 3.05) is 13.7 Å². The maximum Gasteiger partial charge on any atom is 0.326 e. The van der Waals surface area contributed by atoms with E-state index in [1.54, 1.807) is 12.1 Å². The molecule has 0 radical (unpaired) electrons. The molecule has 2 unspecified atom stereocenters. The maximum atomic E-state index is 13.0. The molecule has 1 saturated heterocycles. The highest BCUT2D eigenvalue weighted by Crippen LogP contribution is 2.24. The summed E-state index contributed by atoms with van der Waals surface area (Å²) in [5.74, 6) is -1.89. The van der Waals surface area contributed by atoms with Crippen molar-refractivity contribution in [3.8, 4) is 11.3 Å². The van der Waals surface area contributed by atoms with Gasteiger partial charge in [-0.1, -0.05) is 0 Å². The number of carboxylic acids is 1. The number of rotatable bonds is 4. The molecule has 2 N–H and O–H groups in total. The number of ether oxygens (including phenoxy) is 1. The van der Waals surface area contributed by atoms with E-state index in [0.29, 0.717) is 11.3 Å². The number of H-pyrrole nitrogens is 1. The average molecular weight is 333 g/mol. The van der Waals surface area contributed by atoms with Crippen LogP contribution >= 0.6 is 0 Å². The number of carbonyl (C=O) groups excluding carboxylic acids is 1. The molecule has 24 heavy (non-hydrogen) atoms. The first-order valence-electron chi connectivity index (χ1n) is 7.37. The summed E-state index contributed by atoms with van der Waals surface area (Å²) < 4.78 is 18.1. The number of aromatic amines is 1. The van der Waals surface area contributed by atoms with Crippen LogP contribution in [-0.4, -0.2) is 57.9 Å². The van der Waals surface area contributed by atoms with E-state index in [9.17, 15) is 19.1 Å². The molecule has 0 spiro atoms. The number of hydrogen-bond acceptors (Lipinski definition) is 4. The van der Waals surface area contributed by atoms with Gasteiger partial charge in [0.2, 0.25) is 0 Å². The minimum Gasteiger partial charge on any atom is -0.480 e. The van der Waals surface area contributed by atoms with Crippen LogP contribution in [0.1, 0.15) is 16.9 Å². The molecule has 2 atom stereocenters. The van der Waals surface area contributed by atoms with E-state index in [1.165, 1.54) is 30.2 Å². The highest BCUT2D eigenvalue weighted by Gasteiger charge is 2.40. The minimum absolute atomic E-state index is 0.178. The molecule has 0 saturated carbocycles. The molecule has 1 aliphatic heterocycles. The van der Waals surface area contributed by atoms with Gasteiger partial charge in [0.25, 0.3) is 5.91 Å². The Labute approximate surface area is 137 Å². The number of carboxylic acid groups (broad SMARTS) is 1. The van der Waals surface area contributed by atoms with Crippen LogP contribution in [0.5, 0.6) is 0 Å². The number of aliphatic carboxylic acids is 1. The van der Waals surface area contributed by atoms with Crippen LogP contribution in [0.4, 0.5) is 4.39 Å². The largest absolute Gasteiger partial charge is 0.480 e. The fourth-order valence-corrected chi connectivity index (χ4v) is 2.78. The fraction of sp³-hybridized carbons (Fsp3) is 0.312. The summed E-state index contributed by atoms with van der Waals surface area (Å²) in [7, 11) is 1.49. The second-order valence-corrected chi connectivity index (χ2v) is 5.58. The Hall–Kier alpha value is -2.74. The van der Waals surface area contributed by atoms with E-state index in [-0.39, 0.29) is 30.6 Å². The van der Waals surface area contributed by atoms with Crippen LogP contribution in [0.3, 0.4) is 0 Å². The predicted octanol–water partition coefficient (Wildman–Crippen LogP) is 1.53. The van der Waals surface area contributed by atoms with Crippen molar-refractivity contribution >= 4 is 11.9 Å². The van der Waals surface area contributed by atoms with Gasteiger partial charge in [0.15, 0.2) is 0 Å². The van der Waals surface area contributed by atoms with Crippen LogP contribution < -0.4 is 0 Å². The minimum atomic E-state index is -1.07. The van der Waals surface area contributed by atoms with Crippen molar-refractivity contribution in [1.29, 1.82) is 0 Å². The Balaban J connectivity index is 1.82. The first-order chi connectivity index (χ1) is 11.5. The Morgan fingerprint density at radius 2 is 2.08 bits per heavy atom. The molecule has 3 rings (SSSR count). The molecule has 1 aromatic carbocycles. The lowest BCUT2D eigenvalue weighted by molar-refractivity contribution is -0.141. The Kier molecular flexibility index (Phi) is 4.30. The summed E-state index contributed by atoms with van der Waals surface area (Å²) in [6, 6.07) is 6.30. The quantitative estimate of drug-likeness (QED) is 0.885. The summed E-state index contributed by atoms with van der Waals surface area (Å²) >= 11 is 0. The first kappa shape index (κ1) is 16.1. The normalized spacial score (nSPS) is 20.3. The maximum absolute atomic E-state index is 13.0. The van der Waals surface area contributed by atoms with Gasteiger partial charge >= 0.3 is 5.97 Å². The number of carbonyl (C=O) groups is 2. The summed E-state index contributed by atoms with van der Waals surface area (Å²) in [6.07, 6.45) is -0.0641. The average Bonchev–Trinajstić information content (AvgIpc) is 3.22. The van der Waals surface area contributed by atoms with Crippen molar-refractivity contribution in [2.45, 2.75) is 18.6 Å². The van der Waals surface area contributed by atoms with Crippen LogP contribution in [-0.2, 0) is 9.53 Å². The molecule has 2 heterocycles. The predicted molar refractivity (Wildman–Crippen MR) is 81.9 cm³/mol. The SMILES string of the molecule is COC1CC(C(=O)O)N(C(=O)c2cc(-c3ccc(F)cc3)n[nH]2)C1. The molecule has 1 aromatic heterocycles. The van der Waals surface area contributed by atoms with Gasteiger partial charge in [-0.2, -0.15) is 5.10 Å². The molecule has 126 valence electrons. The van der Waals surface area contributed by atoms with Crippen molar-refractivity contribution < 1.29 is 23.8 Å². The number of methoxy groups -OCH3 is 1. The number of likely N-dealkylation sites (tertiary alicyclic amines) is 1. The van der Waals surface area contributed by atoms with E-state index in [0.717, 1.165) is 0 Å². The second-order valence-electron chi connectivity index (χ2n) is 5.58. The Morgan fingerprint density at radius 3 is 2.71 bits per heavy atom. The van der Waals surface area contributed by atoms with Gasteiger partial charge in [0.05, 0.1) is 11.8 Å². The van der Waals surface area contributed by atoms with Crippen molar-refractivity contribution in [3.63, 3.8) is 0 Å². The van der Waals surface area contributed by atoms with Gasteiger partial charge in [-0.05, 0) is 30.3 Å². The summed E-state index contributed by atoms with van der Waals surface area (Å²) in [5, 5.41) is 16.0. The van der Waals surface area contributed by atoms with Gasteiger partial charge in [0.1, 0.15) is 17.6 Å². The van der Waals surface area contributed by atoms with Gasteiger partial charge in [0, 0.05) is 25.6 Å². The van der Waals surface area contributed by atoms with Gasteiger partial charge in [-0.3, -0.25) is 9.89 Å². The lowest BCUT2D eigenvalue weighted by Gasteiger charge is -2.20. The molecule has 7 nitrogen and oxygen atoms in total. The van der Waals surface area contributed by atoms with Crippen LogP contribution in [0.2, 0.25) is 0 Å². The third-order valence-electron chi connectivity index (χ3n) is 4.09. The van der Waals surface area contributed by atoms with Gasteiger partial charge in [-0.15, -0.1) is 0 Å². The number of halogens is 1. The van der Waals surface area contributed by atoms with Crippen molar-refractivity contribution in [3.05, 3.63) is 41.8 Å². The van der Waals surface area contributed by atoms with E-state index in [1.807, 2.05) is 0 Å². The fourth-order valence-electron chi connectivity index (χ4n) is 2.78. The Morgan fingerprint density at radius 1 is 1.38 bits per heavy atom. The molecule has 0 bridgehead atoms. The zero-order chi connectivity index (χ0) is 17.3. The van der Waals surface area contributed by atoms with E-state index in [2.05, 4.69) is 10.2 Å². The molecule has 2 aromatic rings. The number of amides is 1. The lowest BCUT2D eigenvalue weighted by atomic mass is 10.1. The molecule has 1 amide bonds. The number of hydrogen-bond donors (Lipinski definition) is 2. The third-order valence-corrected chi connectivity index (χ3v) is 4.09. The van der Waals surface area contributed by atoms with E-state index in [4.69, 9.17) is 4.74 Å². The standard InChI is InChI=1S/C16H16FN3O4/c1-24-11-6-14(16(22)23)20(8-11)15(21)13-7-12(18-19-13)9-2-4-10(17)5-3-9/h2-5,7,11,14H,6,8H2,1H3,(H,18,19)(H,22,23). The van der Waals surface area contributed by atoms with Crippen LogP contribution in [0.15, 0.2) is 30.3 Å². The summed E-state index contributed by atoms with van der Waals surface area (Å²) in [6.45, 7) is 0.206. The number of aromatic nitrogens is 2. The zero-order valence-electron chi connectivity index (χ0n) is 12.9. The number of benzene rings is 1. The van der Waals surface area contributed by atoms with E-state index >= 15 is 0 Å². The van der Waals surface area contributed by atoms with Crippen LogP contribution in [0, 0.1) is 5.82 Å². The molecule has 1 aliphatic rings. The third kappa shape index (κ3) is 3.00. The highest BCUT2D eigenvalue weighted by atomic mass is 19.1. The second kappa shape index (κ2) is 6.40. The number of nitrogens with one attached hydrogen (secondary N) is 1. The monoisotopic (exact) mass is 333 g/mol. The summed E-state index contributed by atoms with van der Waals surface area (Å²) in [5.41, 5.74) is 1.31. The van der Waals surface area contributed by atoms with Gasteiger partial charge in [-0.25, -0.2) is 9.18 Å². The van der Waals surface area contributed by atoms with Crippen LogP contribution in [0.25, 0.3) is 11.3 Å². The van der Waals surface area contributed by atoms with Gasteiger partial charge < -0.3 is 14.7 Å². The molecule has 8 heteroatoms. The van der Waals surface area contributed by atoms with E-state index < -0.39 is 17.9 Å². The molecular formula is C16H16FN3O4. The molecule has 0 aliphatic carbocycles. The zero-order valence-corrected chi connectivity index (χ0v) is 12.9. The number of nitrogens with zero attached hydrogens (tertiary/aromatic N) is 2. The first-order valence-corrected chi connectivity index (χ1v) is 7.37. The topological polar surface area (TPSA) is 95.5 Å². The molecular weight excluding hydrogens is 317 g/mol. The smallest absolute Gasteiger partial charge is 0.326 e. The van der Waals surface area contributed by atoms with Crippen molar-refractivity contribution in [1.82, 2.24) is 15.1 Å². The summed E-state index contributed by atoms with van der Waals surface area (Å²) in [4.78, 5) is 25.2. The molecule has 1 fully saturated rings. The van der Waals surface area contributed by atoms with Crippen molar-refractivity contribution in [2.24, 2.45) is 0 Å². The lowest BCUT2D eigenvalue weighted by Crippen LogP contribution is -2.40.